The van der Waals surface area contributed by atoms with E-state index < -0.39 is 5.97 Å². The summed E-state index contributed by atoms with van der Waals surface area (Å²) in [6.07, 6.45) is 0. The van der Waals surface area contributed by atoms with Crippen LogP contribution in [0.4, 0.5) is 0 Å². The molecule has 1 aromatic heterocycles. The van der Waals surface area contributed by atoms with Gasteiger partial charge in [0.1, 0.15) is 5.56 Å². The Balaban J connectivity index is 3.52. The Morgan fingerprint density at radius 3 is 2.43 bits per heavy atom. The molecule has 5 heteroatoms. The molecule has 1 N–H and O–H groups in total. The Bertz CT molecular complexity index is 436. The first-order valence-corrected chi connectivity index (χ1v) is 4.75. The number of methoxy groups -OCH3 is 1. The molecule has 76 valence electrons. The number of hydrogen-bond donors (Lipinski definition) is 1. The SMILES string of the molecule is COC(=O)c1c(C)[nH]c(C)c(Br)c1=O. The minimum atomic E-state index is -0.621. The lowest BCUT2D eigenvalue weighted by Crippen LogP contribution is -2.21. The van der Waals surface area contributed by atoms with E-state index in [1.54, 1.807) is 13.8 Å². The van der Waals surface area contributed by atoms with Gasteiger partial charge < -0.3 is 9.72 Å². The van der Waals surface area contributed by atoms with E-state index in [0.717, 1.165) is 0 Å². The van der Waals surface area contributed by atoms with Gasteiger partial charge in [-0.25, -0.2) is 4.79 Å². The summed E-state index contributed by atoms with van der Waals surface area (Å²) in [5.74, 6) is -0.621. The van der Waals surface area contributed by atoms with Crippen LogP contribution in [0.1, 0.15) is 21.7 Å². The quantitative estimate of drug-likeness (QED) is 0.779. The molecule has 0 radical (unpaired) electrons. The fraction of sp³-hybridized carbons (Fsp3) is 0.333. The molecule has 0 atom stereocenters. The third kappa shape index (κ3) is 1.72. The van der Waals surface area contributed by atoms with Crippen LogP contribution in [-0.2, 0) is 4.74 Å². The van der Waals surface area contributed by atoms with E-state index in [1.807, 2.05) is 0 Å². The average Bonchev–Trinajstić information content (AvgIpc) is 2.14. The van der Waals surface area contributed by atoms with Crippen molar-refractivity contribution in [3.05, 3.63) is 31.6 Å². The number of carbonyl (C=O) groups is 1. The molecule has 0 aliphatic heterocycles. The number of nitrogens with one attached hydrogen (secondary N) is 1. The Labute approximate surface area is 89.4 Å². The molecule has 0 amide bonds. The minimum Gasteiger partial charge on any atom is -0.465 e. The molecule has 1 aromatic rings. The summed E-state index contributed by atoms with van der Waals surface area (Å²) >= 11 is 3.11. The van der Waals surface area contributed by atoms with Crippen molar-refractivity contribution in [1.82, 2.24) is 4.98 Å². The number of ether oxygens (including phenoxy) is 1. The first kappa shape index (κ1) is 11.0. The van der Waals surface area contributed by atoms with Gasteiger partial charge in [-0.3, -0.25) is 4.79 Å². The van der Waals surface area contributed by atoms with E-state index >= 15 is 0 Å². The van der Waals surface area contributed by atoms with E-state index in [-0.39, 0.29) is 11.0 Å². The zero-order valence-electron chi connectivity index (χ0n) is 8.10. The monoisotopic (exact) mass is 259 g/mol. The maximum absolute atomic E-state index is 11.6. The molecule has 14 heavy (non-hydrogen) atoms. The number of pyridine rings is 1. The van der Waals surface area contributed by atoms with Gasteiger partial charge in [-0.15, -0.1) is 0 Å². The molecule has 0 aliphatic rings. The van der Waals surface area contributed by atoms with Gasteiger partial charge >= 0.3 is 5.97 Å². The van der Waals surface area contributed by atoms with E-state index in [1.165, 1.54) is 7.11 Å². The van der Waals surface area contributed by atoms with Crippen LogP contribution in [0.15, 0.2) is 9.27 Å². The van der Waals surface area contributed by atoms with Crippen molar-refractivity contribution >= 4 is 21.9 Å². The molecular formula is C9H10BrNO3. The summed E-state index contributed by atoms with van der Waals surface area (Å²) in [7, 11) is 1.25. The lowest BCUT2D eigenvalue weighted by atomic mass is 10.2. The fourth-order valence-corrected chi connectivity index (χ4v) is 1.49. The summed E-state index contributed by atoms with van der Waals surface area (Å²) < 4.78 is 4.88. The van der Waals surface area contributed by atoms with Crippen LogP contribution in [0.2, 0.25) is 0 Å². The van der Waals surface area contributed by atoms with Crippen LogP contribution in [0.3, 0.4) is 0 Å². The van der Waals surface area contributed by atoms with Gasteiger partial charge in [0.15, 0.2) is 0 Å². The smallest absolute Gasteiger partial charge is 0.343 e. The van der Waals surface area contributed by atoms with Crippen LogP contribution in [0, 0.1) is 13.8 Å². The lowest BCUT2D eigenvalue weighted by molar-refractivity contribution is 0.0597. The number of aryl methyl sites for hydroxylation is 2. The van der Waals surface area contributed by atoms with Crippen molar-refractivity contribution in [2.75, 3.05) is 7.11 Å². The first-order chi connectivity index (χ1) is 6.49. The molecule has 1 heterocycles. The fourth-order valence-electron chi connectivity index (χ4n) is 1.20. The maximum Gasteiger partial charge on any atom is 0.343 e. The number of rotatable bonds is 1. The molecule has 4 nitrogen and oxygen atoms in total. The summed E-state index contributed by atoms with van der Waals surface area (Å²) in [6.45, 7) is 3.41. The molecule has 0 aromatic carbocycles. The normalized spacial score (nSPS) is 10.0. The third-order valence-corrected chi connectivity index (χ3v) is 2.85. The number of aromatic nitrogens is 1. The predicted octanol–water partition coefficient (Wildman–Crippen LogP) is 1.54. The Morgan fingerprint density at radius 2 is 1.93 bits per heavy atom. The summed E-state index contributed by atoms with van der Waals surface area (Å²) in [5.41, 5.74) is 0.915. The zero-order valence-corrected chi connectivity index (χ0v) is 9.69. The van der Waals surface area contributed by atoms with Gasteiger partial charge in [-0.2, -0.15) is 0 Å². The van der Waals surface area contributed by atoms with Gasteiger partial charge in [0.25, 0.3) is 0 Å². The Hall–Kier alpha value is -1.10. The van der Waals surface area contributed by atoms with Crippen LogP contribution in [-0.4, -0.2) is 18.1 Å². The average molecular weight is 260 g/mol. The summed E-state index contributed by atoms with van der Waals surface area (Å²) in [6, 6.07) is 0. The number of carbonyl (C=O) groups excluding carboxylic acids is 1. The van der Waals surface area contributed by atoms with E-state index in [9.17, 15) is 9.59 Å². The van der Waals surface area contributed by atoms with Crippen LogP contribution < -0.4 is 5.43 Å². The number of esters is 1. The molecule has 0 aliphatic carbocycles. The van der Waals surface area contributed by atoms with Gasteiger partial charge in [0.05, 0.1) is 11.6 Å². The molecule has 1 rings (SSSR count). The predicted molar refractivity (Wildman–Crippen MR) is 55.6 cm³/mol. The Morgan fingerprint density at radius 1 is 1.36 bits per heavy atom. The number of hydrogen-bond acceptors (Lipinski definition) is 3. The van der Waals surface area contributed by atoms with Gasteiger partial charge in [-0.1, -0.05) is 0 Å². The van der Waals surface area contributed by atoms with Crippen LogP contribution in [0.25, 0.3) is 0 Å². The van der Waals surface area contributed by atoms with Crippen molar-refractivity contribution in [3.8, 4) is 0 Å². The van der Waals surface area contributed by atoms with Crippen molar-refractivity contribution in [1.29, 1.82) is 0 Å². The lowest BCUT2D eigenvalue weighted by Gasteiger charge is -2.06. The Kier molecular flexibility index (Phi) is 3.10. The van der Waals surface area contributed by atoms with Gasteiger partial charge in [-0.05, 0) is 29.8 Å². The van der Waals surface area contributed by atoms with Crippen molar-refractivity contribution < 1.29 is 9.53 Å². The number of aromatic amines is 1. The summed E-state index contributed by atoms with van der Waals surface area (Å²) in [5, 5.41) is 0. The van der Waals surface area contributed by atoms with Crippen molar-refractivity contribution in [2.24, 2.45) is 0 Å². The highest BCUT2D eigenvalue weighted by molar-refractivity contribution is 9.10. The van der Waals surface area contributed by atoms with Crippen LogP contribution in [0.5, 0.6) is 0 Å². The zero-order chi connectivity index (χ0) is 10.9. The molecule has 0 spiro atoms. The molecule has 0 fully saturated rings. The second-order valence-corrected chi connectivity index (χ2v) is 3.68. The number of halogens is 1. The number of H-pyrrole nitrogens is 1. The third-order valence-electron chi connectivity index (χ3n) is 1.90. The molecule has 0 saturated heterocycles. The highest BCUT2D eigenvalue weighted by Gasteiger charge is 2.17. The van der Waals surface area contributed by atoms with Gasteiger partial charge in [0, 0.05) is 11.4 Å². The van der Waals surface area contributed by atoms with E-state index in [4.69, 9.17) is 0 Å². The summed E-state index contributed by atoms with van der Waals surface area (Å²) in [4.78, 5) is 25.8. The van der Waals surface area contributed by atoms with Crippen molar-refractivity contribution in [3.63, 3.8) is 0 Å². The molecular weight excluding hydrogens is 250 g/mol. The molecule has 0 saturated carbocycles. The highest BCUT2D eigenvalue weighted by atomic mass is 79.9. The first-order valence-electron chi connectivity index (χ1n) is 3.96. The largest absolute Gasteiger partial charge is 0.465 e. The van der Waals surface area contributed by atoms with E-state index in [2.05, 4.69) is 25.7 Å². The van der Waals surface area contributed by atoms with Crippen molar-refractivity contribution in [2.45, 2.75) is 13.8 Å². The maximum atomic E-state index is 11.6. The molecule has 0 unspecified atom stereocenters. The standard InChI is InChI=1S/C9H10BrNO3/c1-4-6(9(13)14-3)8(12)7(10)5(2)11-4/h1-3H3,(H,11,12). The second-order valence-electron chi connectivity index (χ2n) is 2.88. The minimum absolute atomic E-state index is 0.0463. The highest BCUT2D eigenvalue weighted by Crippen LogP contribution is 2.12. The van der Waals surface area contributed by atoms with Crippen LogP contribution >= 0.6 is 15.9 Å². The second kappa shape index (κ2) is 3.96. The topological polar surface area (TPSA) is 59.2 Å². The molecule has 0 bridgehead atoms. The van der Waals surface area contributed by atoms with Gasteiger partial charge in [0.2, 0.25) is 5.43 Å². The van der Waals surface area contributed by atoms with E-state index in [0.29, 0.717) is 15.9 Å².